The van der Waals surface area contributed by atoms with Crippen molar-refractivity contribution in [2.45, 2.75) is 43.2 Å². The van der Waals surface area contributed by atoms with Crippen molar-refractivity contribution in [1.29, 1.82) is 0 Å². The molecule has 1 aromatic carbocycles. The van der Waals surface area contributed by atoms with E-state index in [1.165, 1.54) is 18.9 Å². The van der Waals surface area contributed by atoms with Crippen molar-refractivity contribution in [2.24, 2.45) is 0 Å². The lowest BCUT2D eigenvalue weighted by atomic mass is 9.94. The van der Waals surface area contributed by atoms with E-state index in [0.717, 1.165) is 30.7 Å². The van der Waals surface area contributed by atoms with Gasteiger partial charge in [0, 0.05) is 21.5 Å². The van der Waals surface area contributed by atoms with Crippen molar-refractivity contribution in [1.82, 2.24) is 0 Å². The maximum absolute atomic E-state index is 12.6. The van der Waals surface area contributed by atoms with E-state index in [1.807, 2.05) is 11.8 Å². The number of halogens is 4. The molecule has 1 N–H and O–H groups in total. The van der Waals surface area contributed by atoms with Gasteiger partial charge < -0.3 is 5.32 Å². The third-order valence-electron chi connectivity index (χ3n) is 3.62. The third-order valence-corrected chi connectivity index (χ3v) is 5.37. The highest BCUT2D eigenvalue weighted by molar-refractivity contribution is 9.10. The van der Waals surface area contributed by atoms with E-state index in [4.69, 9.17) is 0 Å². The number of hydrogen-bond donors (Lipinski definition) is 1. The average molecular weight is 368 g/mol. The highest BCUT2D eigenvalue weighted by Crippen LogP contribution is 2.35. The highest BCUT2D eigenvalue weighted by atomic mass is 79.9. The summed E-state index contributed by atoms with van der Waals surface area (Å²) in [5.41, 5.74) is 0.116. The largest absolute Gasteiger partial charge is 0.416 e. The average Bonchev–Trinajstić information content (AvgIpc) is 2.40. The van der Waals surface area contributed by atoms with Gasteiger partial charge in [-0.15, -0.1) is 0 Å². The monoisotopic (exact) mass is 367 g/mol. The van der Waals surface area contributed by atoms with Gasteiger partial charge in [-0.1, -0.05) is 6.42 Å². The zero-order valence-electron chi connectivity index (χ0n) is 11.1. The van der Waals surface area contributed by atoms with Crippen molar-refractivity contribution in [3.05, 3.63) is 28.2 Å². The Labute approximate surface area is 129 Å². The minimum atomic E-state index is -4.30. The van der Waals surface area contributed by atoms with E-state index in [1.54, 1.807) is 0 Å². The van der Waals surface area contributed by atoms with Gasteiger partial charge in [0.1, 0.15) is 0 Å². The second-order valence-electron chi connectivity index (χ2n) is 5.06. The lowest BCUT2D eigenvalue weighted by molar-refractivity contribution is -0.137. The Morgan fingerprint density at radius 2 is 2.05 bits per heavy atom. The van der Waals surface area contributed by atoms with Crippen LogP contribution in [-0.4, -0.2) is 17.5 Å². The van der Waals surface area contributed by atoms with Gasteiger partial charge in [0.05, 0.1) is 5.56 Å². The van der Waals surface area contributed by atoms with Crippen LogP contribution >= 0.6 is 27.7 Å². The Hall–Kier alpha value is -0.360. The van der Waals surface area contributed by atoms with Crippen molar-refractivity contribution in [3.63, 3.8) is 0 Å². The molecule has 0 saturated heterocycles. The molecule has 2 unspecified atom stereocenters. The molecule has 1 saturated carbocycles. The van der Waals surface area contributed by atoms with Crippen LogP contribution in [0.3, 0.4) is 0 Å². The Morgan fingerprint density at radius 3 is 2.65 bits per heavy atom. The topological polar surface area (TPSA) is 12.0 Å². The van der Waals surface area contributed by atoms with Crippen LogP contribution in [0.2, 0.25) is 0 Å². The molecule has 112 valence electrons. The summed E-state index contributed by atoms with van der Waals surface area (Å²) in [6, 6.07) is 4.11. The third kappa shape index (κ3) is 4.07. The molecule has 1 aliphatic rings. The fraction of sp³-hybridized carbons (Fsp3) is 0.571. The summed E-state index contributed by atoms with van der Waals surface area (Å²) >= 11 is 5.10. The minimum Gasteiger partial charge on any atom is -0.381 e. The van der Waals surface area contributed by atoms with Crippen molar-refractivity contribution in [3.8, 4) is 0 Å². The van der Waals surface area contributed by atoms with Gasteiger partial charge in [-0.3, -0.25) is 0 Å². The lowest BCUT2D eigenvalue weighted by Gasteiger charge is -2.29. The van der Waals surface area contributed by atoms with Gasteiger partial charge >= 0.3 is 6.18 Å². The van der Waals surface area contributed by atoms with Crippen LogP contribution in [0.1, 0.15) is 31.2 Å². The molecule has 2 rings (SSSR count). The first kappa shape index (κ1) is 16.0. The molecule has 6 heteroatoms. The molecule has 1 fully saturated rings. The van der Waals surface area contributed by atoms with Crippen molar-refractivity contribution >= 4 is 33.4 Å². The van der Waals surface area contributed by atoms with Gasteiger partial charge in [-0.05, 0) is 59.6 Å². The van der Waals surface area contributed by atoms with Gasteiger partial charge in [0.15, 0.2) is 0 Å². The predicted octanol–water partition coefficient (Wildman–Crippen LogP) is 5.55. The molecule has 2 atom stereocenters. The van der Waals surface area contributed by atoms with Crippen LogP contribution < -0.4 is 5.32 Å². The van der Waals surface area contributed by atoms with Gasteiger partial charge in [0.25, 0.3) is 0 Å². The number of nitrogens with one attached hydrogen (secondary N) is 1. The predicted molar refractivity (Wildman–Crippen MR) is 82.3 cm³/mol. The normalized spacial score (nSPS) is 23.6. The van der Waals surface area contributed by atoms with E-state index in [0.29, 0.717) is 15.8 Å². The number of alkyl halides is 3. The quantitative estimate of drug-likeness (QED) is 0.750. The summed E-state index contributed by atoms with van der Waals surface area (Å²) in [5.74, 6) is 0. The number of rotatable bonds is 3. The summed E-state index contributed by atoms with van der Waals surface area (Å²) in [6.45, 7) is 0. The van der Waals surface area contributed by atoms with Gasteiger partial charge in [0.2, 0.25) is 0 Å². The molecule has 0 spiro atoms. The zero-order chi connectivity index (χ0) is 14.8. The standard InChI is InChI=1S/C14H17BrF3NS/c1-20-11-4-2-3-10(8-11)19-13-6-5-9(7-12(13)15)14(16,17)18/h5-7,10-11,19H,2-4,8H2,1H3. The van der Waals surface area contributed by atoms with Gasteiger partial charge in [-0.2, -0.15) is 24.9 Å². The van der Waals surface area contributed by atoms with Crippen molar-refractivity contribution < 1.29 is 13.2 Å². The second kappa shape index (κ2) is 6.60. The summed E-state index contributed by atoms with van der Waals surface area (Å²) in [5, 5.41) is 4.01. The number of anilines is 1. The maximum Gasteiger partial charge on any atom is 0.416 e. The minimum absolute atomic E-state index is 0.342. The first-order chi connectivity index (χ1) is 9.40. The summed E-state index contributed by atoms with van der Waals surface area (Å²) < 4.78 is 38.3. The molecule has 0 amide bonds. The maximum atomic E-state index is 12.6. The van der Waals surface area contributed by atoms with E-state index in [9.17, 15) is 13.2 Å². The molecule has 0 aliphatic heterocycles. The first-order valence-corrected chi connectivity index (χ1v) is 8.64. The molecule has 0 heterocycles. The molecular formula is C14H17BrF3NS. The van der Waals surface area contributed by atoms with Crippen LogP contribution in [0.25, 0.3) is 0 Å². The summed E-state index contributed by atoms with van der Waals surface area (Å²) in [6.07, 6.45) is 2.35. The number of benzene rings is 1. The Kier molecular flexibility index (Phi) is 5.29. The summed E-state index contributed by atoms with van der Waals surface area (Å²) in [4.78, 5) is 0. The second-order valence-corrected chi connectivity index (χ2v) is 7.05. The Balaban J connectivity index is 2.06. The SMILES string of the molecule is CSC1CCCC(Nc2ccc(C(F)(F)F)cc2Br)C1. The molecule has 20 heavy (non-hydrogen) atoms. The van der Waals surface area contributed by atoms with E-state index in [-0.39, 0.29) is 0 Å². The van der Waals surface area contributed by atoms with E-state index < -0.39 is 11.7 Å². The Morgan fingerprint density at radius 1 is 1.30 bits per heavy atom. The zero-order valence-corrected chi connectivity index (χ0v) is 13.5. The molecule has 0 bridgehead atoms. The first-order valence-electron chi connectivity index (χ1n) is 6.56. The molecule has 1 aliphatic carbocycles. The van der Waals surface area contributed by atoms with E-state index in [2.05, 4.69) is 27.5 Å². The number of thioether (sulfide) groups is 1. The van der Waals surface area contributed by atoms with E-state index >= 15 is 0 Å². The van der Waals surface area contributed by atoms with Crippen LogP contribution in [0.4, 0.5) is 18.9 Å². The molecule has 0 radical (unpaired) electrons. The van der Waals surface area contributed by atoms with Crippen LogP contribution in [-0.2, 0) is 6.18 Å². The molecule has 0 aromatic heterocycles. The fourth-order valence-electron chi connectivity index (χ4n) is 2.52. The molecule has 1 aromatic rings. The summed E-state index contributed by atoms with van der Waals surface area (Å²) in [7, 11) is 0. The van der Waals surface area contributed by atoms with Crippen molar-refractivity contribution in [2.75, 3.05) is 11.6 Å². The fourth-order valence-corrected chi connectivity index (χ4v) is 3.84. The molecular weight excluding hydrogens is 351 g/mol. The highest BCUT2D eigenvalue weighted by Gasteiger charge is 2.31. The van der Waals surface area contributed by atoms with Gasteiger partial charge in [-0.25, -0.2) is 0 Å². The molecule has 1 nitrogen and oxygen atoms in total. The van der Waals surface area contributed by atoms with Crippen LogP contribution in [0, 0.1) is 0 Å². The Bertz CT molecular complexity index is 464. The van der Waals surface area contributed by atoms with Crippen LogP contribution in [0.5, 0.6) is 0 Å². The van der Waals surface area contributed by atoms with Crippen LogP contribution in [0.15, 0.2) is 22.7 Å². The number of hydrogen-bond acceptors (Lipinski definition) is 2. The smallest absolute Gasteiger partial charge is 0.381 e. The lowest BCUT2D eigenvalue weighted by Crippen LogP contribution is -2.28.